The van der Waals surface area contributed by atoms with E-state index in [-0.39, 0.29) is 5.78 Å². The molecule has 1 rings (SSSR count). The minimum absolute atomic E-state index is 0.0695. The van der Waals surface area contributed by atoms with Gasteiger partial charge in [-0.3, -0.25) is 4.79 Å². The molecule has 0 aliphatic carbocycles. The lowest BCUT2D eigenvalue weighted by atomic mass is 10.1. The number of halogens is 3. The van der Waals surface area contributed by atoms with Crippen LogP contribution in [-0.2, 0) is 0 Å². The first-order chi connectivity index (χ1) is 7.78. The molecule has 0 aromatic heterocycles. The summed E-state index contributed by atoms with van der Waals surface area (Å²) in [6.07, 6.45) is -5.06. The fraction of sp³-hybridized carbons (Fsp3) is 0.417. The highest BCUT2D eigenvalue weighted by atomic mass is 19.4. The van der Waals surface area contributed by atoms with Crippen LogP contribution in [0.2, 0.25) is 0 Å². The standard InChI is InChI=1S/C12H14F3NO/c1-8(7-12(13,14)15)16-11-5-3-10(4-6-11)9(2)17/h3-6,8,16H,7H2,1-2H3. The summed E-state index contributed by atoms with van der Waals surface area (Å²) in [5.41, 5.74) is 1.12. The Labute approximate surface area is 97.8 Å². The number of hydrogen-bond acceptors (Lipinski definition) is 2. The zero-order valence-corrected chi connectivity index (χ0v) is 9.64. The molecule has 0 bridgehead atoms. The van der Waals surface area contributed by atoms with Crippen molar-refractivity contribution in [2.45, 2.75) is 32.5 Å². The SMILES string of the molecule is CC(=O)c1ccc(NC(C)CC(F)(F)F)cc1. The minimum atomic E-state index is -4.17. The quantitative estimate of drug-likeness (QED) is 0.820. The first kappa shape index (κ1) is 13.5. The number of hydrogen-bond donors (Lipinski definition) is 1. The molecular weight excluding hydrogens is 231 g/mol. The largest absolute Gasteiger partial charge is 0.391 e. The summed E-state index contributed by atoms with van der Waals surface area (Å²) in [6, 6.07) is 5.68. The predicted molar refractivity (Wildman–Crippen MR) is 60.2 cm³/mol. The van der Waals surface area contributed by atoms with Gasteiger partial charge in [-0.15, -0.1) is 0 Å². The normalized spacial score (nSPS) is 13.2. The molecule has 17 heavy (non-hydrogen) atoms. The summed E-state index contributed by atoms with van der Waals surface area (Å²) in [6.45, 7) is 2.90. The second-order valence-corrected chi connectivity index (χ2v) is 4.00. The van der Waals surface area contributed by atoms with Crippen molar-refractivity contribution >= 4 is 11.5 Å². The van der Waals surface area contributed by atoms with Crippen molar-refractivity contribution in [1.82, 2.24) is 0 Å². The molecule has 1 aromatic rings. The number of benzene rings is 1. The first-order valence-corrected chi connectivity index (χ1v) is 5.22. The van der Waals surface area contributed by atoms with Crippen molar-refractivity contribution in [2.24, 2.45) is 0 Å². The maximum atomic E-state index is 12.1. The lowest BCUT2D eigenvalue weighted by Gasteiger charge is -2.17. The van der Waals surface area contributed by atoms with Gasteiger partial charge in [0.2, 0.25) is 0 Å². The molecule has 0 saturated heterocycles. The van der Waals surface area contributed by atoms with Gasteiger partial charge in [-0.2, -0.15) is 13.2 Å². The van der Waals surface area contributed by atoms with E-state index in [2.05, 4.69) is 5.32 Å². The van der Waals surface area contributed by atoms with Crippen LogP contribution in [0.25, 0.3) is 0 Å². The molecule has 94 valence electrons. The van der Waals surface area contributed by atoms with Crippen LogP contribution in [0.4, 0.5) is 18.9 Å². The number of carbonyl (C=O) groups excluding carboxylic acids is 1. The molecular formula is C12H14F3NO. The average molecular weight is 245 g/mol. The molecule has 0 saturated carbocycles. The highest BCUT2D eigenvalue weighted by Crippen LogP contribution is 2.23. The summed E-state index contributed by atoms with van der Waals surface area (Å²) in [5, 5.41) is 2.73. The third kappa shape index (κ3) is 4.89. The van der Waals surface area contributed by atoms with E-state index in [9.17, 15) is 18.0 Å². The number of Topliss-reactive ketones (excluding diaryl/α,β-unsaturated/α-hetero) is 1. The molecule has 0 spiro atoms. The molecule has 0 amide bonds. The molecule has 1 unspecified atom stereocenters. The lowest BCUT2D eigenvalue weighted by molar-refractivity contribution is -0.136. The Kier molecular flexibility index (Phi) is 4.15. The minimum Gasteiger partial charge on any atom is -0.382 e. The van der Waals surface area contributed by atoms with Crippen LogP contribution in [-0.4, -0.2) is 18.0 Å². The molecule has 2 nitrogen and oxygen atoms in total. The number of alkyl halides is 3. The van der Waals surface area contributed by atoms with Crippen molar-refractivity contribution in [3.05, 3.63) is 29.8 Å². The van der Waals surface area contributed by atoms with Crippen LogP contribution in [0.5, 0.6) is 0 Å². The number of anilines is 1. The van der Waals surface area contributed by atoms with E-state index in [1.165, 1.54) is 13.8 Å². The highest BCUT2D eigenvalue weighted by molar-refractivity contribution is 5.94. The molecule has 1 aromatic carbocycles. The third-order valence-electron chi connectivity index (χ3n) is 2.24. The highest BCUT2D eigenvalue weighted by Gasteiger charge is 2.29. The van der Waals surface area contributed by atoms with Gasteiger partial charge in [-0.25, -0.2) is 0 Å². The third-order valence-corrected chi connectivity index (χ3v) is 2.24. The van der Waals surface area contributed by atoms with Gasteiger partial charge in [-0.1, -0.05) is 0 Å². The van der Waals surface area contributed by atoms with E-state index < -0.39 is 18.6 Å². The van der Waals surface area contributed by atoms with E-state index in [1.54, 1.807) is 24.3 Å². The first-order valence-electron chi connectivity index (χ1n) is 5.22. The summed E-state index contributed by atoms with van der Waals surface area (Å²) in [5.74, 6) is -0.0695. The van der Waals surface area contributed by atoms with Crippen molar-refractivity contribution in [1.29, 1.82) is 0 Å². The van der Waals surface area contributed by atoms with Gasteiger partial charge < -0.3 is 5.32 Å². The zero-order valence-electron chi connectivity index (χ0n) is 9.64. The zero-order chi connectivity index (χ0) is 13.1. The molecule has 1 atom stereocenters. The van der Waals surface area contributed by atoms with E-state index in [1.807, 2.05) is 0 Å². The second kappa shape index (κ2) is 5.21. The maximum absolute atomic E-state index is 12.1. The Morgan fingerprint density at radius 1 is 1.29 bits per heavy atom. The maximum Gasteiger partial charge on any atom is 0.391 e. The summed E-state index contributed by atoms with van der Waals surface area (Å²) < 4.78 is 36.3. The Morgan fingerprint density at radius 2 is 1.82 bits per heavy atom. The Morgan fingerprint density at radius 3 is 2.24 bits per heavy atom. The van der Waals surface area contributed by atoms with Crippen molar-refractivity contribution < 1.29 is 18.0 Å². The van der Waals surface area contributed by atoms with Crippen LogP contribution >= 0.6 is 0 Å². The second-order valence-electron chi connectivity index (χ2n) is 4.00. The van der Waals surface area contributed by atoms with Crippen molar-refractivity contribution in [3.8, 4) is 0 Å². The van der Waals surface area contributed by atoms with Gasteiger partial charge in [0, 0.05) is 17.3 Å². The Balaban J connectivity index is 2.60. The van der Waals surface area contributed by atoms with Crippen LogP contribution in [0.15, 0.2) is 24.3 Å². The van der Waals surface area contributed by atoms with Gasteiger partial charge in [0.1, 0.15) is 0 Å². The molecule has 0 aliphatic heterocycles. The topological polar surface area (TPSA) is 29.1 Å². The van der Waals surface area contributed by atoms with Gasteiger partial charge in [0.15, 0.2) is 5.78 Å². The Hall–Kier alpha value is -1.52. The van der Waals surface area contributed by atoms with Crippen LogP contribution in [0.1, 0.15) is 30.6 Å². The van der Waals surface area contributed by atoms with E-state index >= 15 is 0 Å². The average Bonchev–Trinajstić information content (AvgIpc) is 2.15. The van der Waals surface area contributed by atoms with E-state index in [0.29, 0.717) is 11.3 Å². The van der Waals surface area contributed by atoms with Gasteiger partial charge >= 0.3 is 6.18 Å². The molecule has 0 radical (unpaired) electrons. The van der Waals surface area contributed by atoms with Crippen molar-refractivity contribution in [2.75, 3.05) is 5.32 Å². The van der Waals surface area contributed by atoms with Crippen LogP contribution in [0, 0.1) is 0 Å². The van der Waals surface area contributed by atoms with Gasteiger partial charge in [0.25, 0.3) is 0 Å². The fourth-order valence-corrected chi connectivity index (χ4v) is 1.48. The summed E-state index contributed by atoms with van der Waals surface area (Å²) >= 11 is 0. The van der Waals surface area contributed by atoms with Crippen LogP contribution < -0.4 is 5.32 Å². The fourth-order valence-electron chi connectivity index (χ4n) is 1.48. The monoisotopic (exact) mass is 245 g/mol. The number of carbonyl (C=O) groups is 1. The summed E-state index contributed by atoms with van der Waals surface area (Å²) in [4.78, 5) is 11.0. The number of nitrogens with one attached hydrogen (secondary N) is 1. The Bertz CT molecular complexity index is 384. The lowest BCUT2D eigenvalue weighted by Crippen LogP contribution is -2.23. The molecule has 0 aliphatic rings. The van der Waals surface area contributed by atoms with Crippen LogP contribution in [0.3, 0.4) is 0 Å². The molecule has 1 N–H and O–H groups in total. The van der Waals surface area contributed by atoms with Gasteiger partial charge in [0.05, 0.1) is 6.42 Å². The molecule has 0 heterocycles. The molecule has 5 heteroatoms. The predicted octanol–water partition coefficient (Wildman–Crippen LogP) is 3.64. The molecule has 0 fully saturated rings. The van der Waals surface area contributed by atoms with Gasteiger partial charge in [-0.05, 0) is 38.1 Å². The number of rotatable bonds is 4. The smallest absolute Gasteiger partial charge is 0.382 e. The van der Waals surface area contributed by atoms with E-state index in [0.717, 1.165) is 0 Å². The van der Waals surface area contributed by atoms with E-state index in [4.69, 9.17) is 0 Å². The number of ketones is 1. The van der Waals surface area contributed by atoms with Crippen molar-refractivity contribution in [3.63, 3.8) is 0 Å². The summed E-state index contributed by atoms with van der Waals surface area (Å²) in [7, 11) is 0.